The van der Waals surface area contributed by atoms with E-state index in [1.807, 2.05) is 24.3 Å². The van der Waals surface area contributed by atoms with Gasteiger partial charge in [-0.1, -0.05) is 11.3 Å². The van der Waals surface area contributed by atoms with E-state index in [1.165, 1.54) is 11.3 Å². The average Bonchev–Trinajstić information content (AvgIpc) is 2.70. The molecule has 0 aliphatic rings. The molecule has 1 aromatic carbocycles. The van der Waals surface area contributed by atoms with Gasteiger partial charge in [0.15, 0.2) is 0 Å². The van der Waals surface area contributed by atoms with Crippen LogP contribution in [0.4, 0.5) is 0 Å². The van der Waals surface area contributed by atoms with Gasteiger partial charge < -0.3 is 15.2 Å². The highest BCUT2D eigenvalue weighted by molar-refractivity contribution is 9.10. The minimum Gasteiger partial charge on any atom is -0.497 e. The number of aromatic nitrogens is 1. The molecule has 0 spiro atoms. The molecule has 6 heteroatoms. The molecule has 0 saturated heterocycles. The van der Waals surface area contributed by atoms with Gasteiger partial charge in [-0.2, -0.15) is 4.98 Å². The molecular formula is C11H11BrN2O2S. The fourth-order valence-electron chi connectivity index (χ4n) is 1.23. The first-order valence-electron chi connectivity index (χ1n) is 4.90. The highest BCUT2D eigenvalue weighted by Gasteiger charge is 2.09. The molecule has 17 heavy (non-hydrogen) atoms. The number of hydrogen-bond acceptors (Lipinski definition) is 5. The molecule has 2 aromatic rings. The average molecular weight is 315 g/mol. The summed E-state index contributed by atoms with van der Waals surface area (Å²) in [6, 6.07) is 7.33. The number of ether oxygens (including phenoxy) is 2. The maximum Gasteiger partial charge on any atom is 0.280 e. The van der Waals surface area contributed by atoms with Crippen LogP contribution in [0, 0.1) is 0 Å². The topological polar surface area (TPSA) is 57.4 Å². The molecule has 0 fully saturated rings. The van der Waals surface area contributed by atoms with Gasteiger partial charge in [-0.25, -0.2) is 0 Å². The Bertz CT molecular complexity index is 499. The van der Waals surface area contributed by atoms with E-state index in [1.54, 1.807) is 7.11 Å². The van der Waals surface area contributed by atoms with Crippen LogP contribution in [0.25, 0.3) is 0 Å². The van der Waals surface area contributed by atoms with E-state index in [0.29, 0.717) is 11.7 Å². The van der Waals surface area contributed by atoms with Crippen molar-refractivity contribution in [3.63, 3.8) is 0 Å². The lowest BCUT2D eigenvalue weighted by Crippen LogP contribution is -1.92. The number of hydrogen-bond donors (Lipinski definition) is 1. The van der Waals surface area contributed by atoms with Crippen molar-refractivity contribution in [1.29, 1.82) is 0 Å². The van der Waals surface area contributed by atoms with Crippen molar-refractivity contribution < 1.29 is 9.47 Å². The number of thiazole rings is 1. The SMILES string of the molecule is COc1ccc(Oc2nc(Br)c(CN)s2)cc1. The van der Waals surface area contributed by atoms with Crippen molar-refractivity contribution in [2.75, 3.05) is 7.11 Å². The fraction of sp³-hybridized carbons (Fsp3) is 0.182. The standard InChI is InChI=1S/C11H11BrN2O2S/c1-15-7-2-4-8(5-3-7)16-11-14-10(12)9(6-13)17-11/h2-5H,6,13H2,1H3. The number of nitrogens with two attached hydrogens (primary N) is 1. The molecular weight excluding hydrogens is 304 g/mol. The van der Waals surface area contributed by atoms with E-state index >= 15 is 0 Å². The Balaban J connectivity index is 2.13. The summed E-state index contributed by atoms with van der Waals surface area (Å²) < 4.78 is 11.4. The first kappa shape index (κ1) is 12.3. The lowest BCUT2D eigenvalue weighted by molar-refractivity contribution is 0.412. The normalized spacial score (nSPS) is 10.3. The summed E-state index contributed by atoms with van der Waals surface area (Å²) in [5.74, 6) is 1.51. The molecule has 0 atom stereocenters. The molecule has 4 nitrogen and oxygen atoms in total. The van der Waals surface area contributed by atoms with Gasteiger partial charge in [-0.05, 0) is 40.2 Å². The zero-order chi connectivity index (χ0) is 12.3. The molecule has 0 saturated carbocycles. The predicted octanol–water partition coefficient (Wildman–Crippen LogP) is 3.17. The zero-order valence-electron chi connectivity index (χ0n) is 9.14. The first-order chi connectivity index (χ1) is 8.22. The molecule has 90 valence electrons. The third kappa shape index (κ3) is 2.96. The first-order valence-corrected chi connectivity index (χ1v) is 6.51. The van der Waals surface area contributed by atoms with Crippen molar-refractivity contribution in [3.8, 4) is 16.7 Å². The van der Waals surface area contributed by atoms with E-state index in [2.05, 4.69) is 20.9 Å². The molecule has 2 N–H and O–H groups in total. The van der Waals surface area contributed by atoms with Crippen molar-refractivity contribution in [2.45, 2.75) is 6.54 Å². The summed E-state index contributed by atoms with van der Waals surface area (Å²) >= 11 is 4.76. The summed E-state index contributed by atoms with van der Waals surface area (Å²) in [4.78, 5) is 5.19. The number of benzene rings is 1. The second-order valence-corrected chi connectivity index (χ2v) is 4.97. The van der Waals surface area contributed by atoms with Crippen LogP contribution in [-0.4, -0.2) is 12.1 Å². The Morgan fingerprint density at radius 1 is 1.29 bits per heavy atom. The summed E-state index contributed by atoms with van der Waals surface area (Å²) in [6.45, 7) is 0.449. The lowest BCUT2D eigenvalue weighted by Gasteiger charge is -2.02. The molecule has 1 heterocycles. The Hall–Kier alpha value is -1.11. The van der Waals surface area contributed by atoms with E-state index in [0.717, 1.165) is 21.0 Å². The molecule has 0 aliphatic heterocycles. The highest BCUT2D eigenvalue weighted by atomic mass is 79.9. The minimum absolute atomic E-state index is 0.449. The van der Waals surface area contributed by atoms with E-state index in [4.69, 9.17) is 15.2 Å². The molecule has 0 aliphatic carbocycles. The molecule has 1 aromatic heterocycles. The van der Waals surface area contributed by atoms with Crippen LogP contribution in [0.3, 0.4) is 0 Å². The van der Waals surface area contributed by atoms with E-state index in [-0.39, 0.29) is 0 Å². The summed E-state index contributed by atoms with van der Waals surface area (Å²) in [5.41, 5.74) is 5.56. The second-order valence-electron chi connectivity index (χ2n) is 3.18. The number of rotatable bonds is 4. The summed E-state index contributed by atoms with van der Waals surface area (Å²) in [5, 5.41) is 0.572. The van der Waals surface area contributed by atoms with Gasteiger partial charge in [0, 0.05) is 6.54 Å². The number of halogens is 1. The van der Waals surface area contributed by atoms with Gasteiger partial charge in [0.05, 0.1) is 12.0 Å². The lowest BCUT2D eigenvalue weighted by atomic mass is 10.3. The third-order valence-electron chi connectivity index (χ3n) is 2.08. The highest BCUT2D eigenvalue weighted by Crippen LogP contribution is 2.32. The van der Waals surface area contributed by atoms with Crippen molar-refractivity contribution in [2.24, 2.45) is 5.73 Å². The van der Waals surface area contributed by atoms with E-state index in [9.17, 15) is 0 Å². The van der Waals surface area contributed by atoms with Gasteiger partial charge in [-0.3, -0.25) is 0 Å². The zero-order valence-corrected chi connectivity index (χ0v) is 11.5. The van der Waals surface area contributed by atoms with Gasteiger partial charge >= 0.3 is 0 Å². The maximum atomic E-state index is 5.61. The quantitative estimate of drug-likeness (QED) is 0.941. The van der Waals surface area contributed by atoms with E-state index < -0.39 is 0 Å². The van der Waals surface area contributed by atoms with Crippen LogP contribution in [-0.2, 0) is 6.54 Å². The molecule has 0 radical (unpaired) electrons. The largest absolute Gasteiger partial charge is 0.497 e. The predicted molar refractivity (Wildman–Crippen MR) is 70.8 cm³/mol. The third-order valence-corrected chi connectivity index (χ3v) is 3.95. The second kappa shape index (κ2) is 5.48. The Labute approximate surface area is 112 Å². The molecule has 0 unspecified atom stereocenters. The number of methoxy groups -OCH3 is 1. The fourth-order valence-corrected chi connectivity index (χ4v) is 2.61. The minimum atomic E-state index is 0.449. The molecule has 0 bridgehead atoms. The van der Waals surface area contributed by atoms with Crippen molar-refractivity contribution >= 4 is 27.3 Å². The summed E-state index contributed by atoms with van der Waals surface area (Å²) in [7, 11) is 1.63. The van der Waals surface area contributed by atoms with Crippen LogP contribution in [0.1, 0.15) is 4.88 Å². The van der Waals surface area contributed by atoms with Crippen LogP contribution >= 0.6 is 27.3 Å². The number of nitrogens with zero attached hydrogens (tertiary/aromatic N) is 1. The van der Waals surface area contributed by atoms with Crippen molar-refractivity contribution in [3.05, 3.63) is 33.7 Å². The molecule has 2 rings (SSSR count). The van der Waals surface area contributed by atoms with Crippen LogP contribution in [0.15, 0.2) is 28.9 Å². The van der Waals surface area contributed by atoms with Crippen LogP contribution in [0.5, 0.6) is 16.7 Å². The Kier molecular flexibility index (Phi) is 3.98. The Morgan fingerprint density at radius 3 is 2.47 bits per heavy atom. The van der Waals surface area contributed by atoms with Gasteiger partial charge in [0.25, 0.3) is 5.19 Å². The summed E-state index contributed by atoms with van der Waals surface area (Å²) in [6.07, 6.45) is 0. The smallest absolute Gasteiger partial charge is 0.280 e. The monoisotopic (exact) mass is 314 g/mol. The van der Waals surface area contributed by atoms with Crippen LogP contribution in [0.2, 0.25) is 0 Å². The van der Waals surface area contributed by atoms with Crippen molar-refractivity contribution in [1.82, 2.24) is 4.98 Å². The van der Waals surface area contributed by atoms with Gasteiger partial charge in [0.1, 0.15) is 16.1 Å². The Morgan fingerprint density at radius 2 is 1.94 bits per heavy atom. The van der Waals surface area contributed by atoms with Gasteiger partial charge in [-0.15, -0.1) is 0 Å². The van der Waals surface area contributed by atoms with Crippen LogP contribution < -0.4 is 15.2 Å². The molecule has 0 amide bonds. The maximum absolute atomic E-state index is 5.61. The van der Waals surface area contributed by atoms with Gasteiger partial charge in [0.2, 0.25) is 0 Å².